The van der Waals surface area contributed by atoms with E-state index >= 15 is 0 Å². The summed E-state index contributed by atoms with van der Waals surface area (Å²) in [7, 11) is 0. The quantitative estimate of drug-likeness (QED) is 0.817. The first-order chi connectivity index (χ1) is 7.69. The highest BCUT2D eigenvalue weighted by atomic mass is 16.5. The molecule has 2 heteroatoms. The number of hydrogen-bond acceptors (Lipinski definition) is 2. The highest BCUT2D eigenvalue weighted by molar-refractivity contribution is 5.18. The summed E-state index contributed by atoms with van der Waals surface area (Å²) in [5.74, 6) is 1.56. The third-order valence-electron chi connectivity index (χ3n) is 5.51. The largest absolute Gasteiger partial charge is 0.381 e. The van der Waals surface area contributed by atoms with Gasteiger partial charge in [0.2, 0.25) is 0 Å². The Labute approximate surface area is 107 Å². The van der Waals surface area contributed by atoms with Crippen molar-refractivity contribution in [1.82, 2.24) is 5.32 Å². The maximum absolute atomic E-state index is 5.59. The van der Waals surface area contributed by atoms with E-state index in [1.807, 2.05) is 0 Å². The number of nitrogens with one attached hydrogen (secondary N) is 1. The summed E-state index contributed by atoms with van der Waals surface area (Å²) in [5.41, 5.74) is 1.16. The van der Waals surface area contributed by atoms with Gasteiger partial charge < -0.3 is 10.1 Å². The molecule has 100 valence electrons. The molecular weight excluding hydrogens is 210 g/mol. The van der Waals surface area contributed by atoms with Crippen molar-refractivity contribution in [3.05, 3.63) is 0 Å². The molecular formula is C15H29NO. The van der Waals surface area contributed by atoms with Crippen molar-refractivity contribution in [2.24, 2.45) is 22.7 Å². The van der Waals surface area contributed by atoms with Gasteiger partial charge in [-0.2, -0.15) is 0 Å². The Morgan fingerprint density at radius 3 is 2.35 bits per heavy atom. The van der Waals surface area contributed by atoms with Crippen LogP contribution in [-0.2, 0) is 4.74 Å². The molecule has 0 aromatic rings. The van der Waals surface area contributed by atoms with Crippen LogP contribution in [0.15, 0.2) is 0 Å². The van der Waals surface area contributed by atoms with Crippen LogP contribution in [0.25, 0.3) is 0 Å². The molecule has 1 N–H and O–H groups in total. The van der Waals surface area contributed by atoms with Crippen LogP contribution in [-0.4, -0.2) is 25.3 Å². The maximum Gasteiger partial charge on any atom is 0.0500 e. The summed E-state index contributed by atoms with van der Waals surface area (Å²) in [4.78, 5) is 0. The predicted octanol–water partition coefficient (Wildman–Crippen LogP) is 3.07. The molecule has 2 rings (SSSR count). The van der Waals surface area contributed by atoms with Crippen LogP contribution in [0.1, 0.15) is 48.0 Å². The van der Waals surface area contributed by atoms with Crippen molar-refractivity contribution in [2.75, 3.05) is 19.8 Å². The highest BCUT2D eigenvalue weighted by Crippen LogP contribution is 2.72. The number of ether oxygens (including phenoxy) is 1. The Morgan fingerprint density at radius 1 is 1.24 bits per heavy atom. The lowest BCUT2D eigenvalue weighted by Gasteiger charge is -2.23. The first kappa shape index (κ1) is 13.4. The third-order valence-corrected chi connectivity index (χ3v) is 5.51. The fraction of sp³-hybridized carbons (Fsp3) is 1.00. The molecule has 1 aliphatic heterocycles. The standard InChI is InChI=1S/C15H29NO/c1-13(2,3)16-9-12-14(4,5)15(12,6)11-7-8-17-10-11/h11-12,16H,7-10H2,1-6H3. The van der Waals surface area contributed by atoms with Crippen molar-refractivity contribution in [3.63, 3.8) is 0 Å². The first-order valence-electron chi connectivity index (χ1n) is 7.02. The Morgan fingerprint density at radius 2 is 1.88 bits per heavy atom. The zero-order valence-corrected chi connectivity index (χ0v) is 12.4. The van der Waals surface area contributed by atoms with E-state index in [-0.39, 0.29) is 5.54 Å². The molecule has 0 spiro atoms. The van der Waals surface area contributed by atoms with E-state index in [4.69, 9.17) is 4.74 Å². The van der Waals surface area contributed by atoms with E-state index < -0.39 is 0 Å². The Bertz CT molecular complexity index is 286. The van der Waals surface area contributed by atoms with E-state index in [0.717, 1.165) is 31.6 Å². The van der Waals surface area contributed by atoms with Crippen LogP contribution in [0.2, 0.25) is 0 Å². The zero-order valence-electron chi connectivity index (χ0n) is 12.4. The van der Waals surface area contributed by atoms with Gasteiger partial charge in [-0.25, -0.2) is 0 Å². The second-order valence-electron chi connectivity index (χ2n) is 7.75. The van der Waals surface area contributed by atoms with Gasteiger partial charge in [-0.05, 0) is 56.4 Å². The van der Waals surface area contributed by atoms with E-state index in [0.29, 0.717) is 10.8 Å². The van der Waals surface area contributed by atoms with Crippen LogP contribution < -0.4 is 5.32 Å². The van der Waals surface area contributed by atoms with Gasteiger partial charge in [-0.15, -0.1) is 0 Å². The summed E-state index contributed by atoms with van der Waals surface area (Å²) in [5, 5.41) is 3.68. The smallest absolute Gasteiger partial charge is 0.0500 e. The fourth-order valence-corrected chi connectivity index (χ4v) is 3.83. The Hall–Kier alpha value is -0.0800. The van der Waals surface area contributed by atoms with Crippen molar-refractivity contribution in [1.29, 1.82) is 0 Å². The average molecular weight is 239 g/mol. The molecule has 17 heavy (non-hydrogen) atoms. The van der Waals surface area contributed by atoms with Gasteiger partial charge >= 0.3 is 0 Å². The molecule has 2 aliphatic rings. The maximum atomic E-state index is 5.59. The SMILES string of the molecule is CC(C)(C)NCC1C(C)(C)C1(C)C1CCOC1. The molecule has 1 aliphatic carbocycles. The van der Waals surface area contributed by atoms with Crippen molar-refractivity contribution >= 4 is 0 Å². The highest BCUT2D eigenvalue weighted by Gasteiger charge is 2.70. The minimum Gasteiger partial charge on any atom is -0.381 e. The molecule has 2 fully saturated rings. The van der Waals surface area contributed by atoms with Gasteiger partial charge in [-0.3, -0.25) is 0 Å². The van der Waals surface area contributed by atoms with E-state index in [9.17, 15) is 0 Å². The lowest BCUT2D eigenvalue weighted by Crippen LogP contribution is -2.38. The molecule has 1 saturated heterocycles. The monoisotopic (exact) mass is 239 g/mol. The summed E-state index contributed by atoms with van der Waals surface area (Å²) in [6.07, 6.45) is 1.26. The Kier molecular flexibility index (Phi) is 3.11. The summed E-state index contributed by atoms with van der Waals surface area (Å²) in [6.45, 7) is 17.2. The van der Waals surface area contributed by atoms with Gasteiger partial charge in [0.05, 0.1) is 6.61 Å². The zero-order chi connectivity index (χ0) is 12.9. The minimum absolute atomic E-state index is 0.228. The fourth-order valence-electron chi connectivity index (χ4n) is 3.83. The van der Waals surface area contributed by atoms with Crippen LogP contribution in [0.4, 0.5) is 0 Å². The third kappa shape index (κ3) is 2.15. The van der Waals surface area contributed by atoms with Crippen LogP contribution in [0.3, 0.4) is 0 Å². The van der Waals surface area contributed by atoms with E-state index in [1.165, 1.54) is 6.42 Å². The lowest BCUT2D eigenvalue weighted by molar-refractivity contribution is 0.158. The number of hydrogen-bond donors (Lipinski definition) is 1. The van der Waals surface area contributed by atoms with Gasteiger partial charge in [0, 0.05) is 12.1 Å². The van der Waals surface area contributed by atoms with Crippen LogP contribution >= 0.6 is 0 Å². The second kappa shape index (κ2) is 3.96. The Balaban J connectivity index is 1.99. The average Bonchev–Trinajstić information content (AvgIpc) is 2.60. The van der Waals surface area contributed by atoms with E-state index in [1.54, 1.807) is 0 Å². The van der Waals surface area contributed by atoms with Crippen molar-refractivity contribution in [2.45, 2.75) is 53.5 Å². The summed E-state index contributed by atoms with van der Waals surface area (Å²) in [6, 6.07) is 0. The molecule has 0 amide bonds. The van der Waals surface area contributed by atoms with Gasteiger partial charge in [0.1, 0.15) is 0 Å². The molecule has 0 bridgehead atoms. The predicted molar refractivity (Wildman–Crippen MR) is 72.1 cm³/mol. The van der Waals surface area contributed by atoms with Crippen molar-refractivity contribution in [3.8, 4) is 0 Å². The minimum atomic E-state index is 0.228. The van der Waals surface area contributed by atoms with E-state index in [2.05, 4.69) is 46.9 Å². The summed E-state index contributed by atoms with van der Waals surface area (Å²) < 4.78 is 5.59. The van der Waals surface area contributed by atoms with Gasteiger partial charge in [-0.1, -0.05) is 20.8 Å². The molecule has 3 unspecified atom stereocenters. The molecule has 0 radical (unpaired) electrons. The second-order valence-corrected chi connectivity index (χ2v) is 7.75. The van der Waals surface area contributed by atoms with Gasteiger partial charge in [0.25, 0.3) is 0 Å². The summed E-state index contributed by atoms with van der Waals surface area (Å²) >= 11 is 0. The molecule has 2 nitrogen and oxygen atoms in total. The van der Waals surface area contributed by atoms with Crippen molar-refractivity contribution < 1.29 is 4.74 Å². The first-order valence-corrected chi connectivity index (χ1v) is 7.02. The normalized spacial score (nSPS) is 40.6. The molecule has 0 aromatic heterocycles. The van der Waals surface area contributed by atoms with Crippen LogP contribution in [0.5, 0.6) is 0 Å². The lowest BCUT2D eigenvalue weighted by atomic mass is 9.83. The number of rotatable bonds is 3. The molecule has 1 heterocycles. The molecule has 1 saturated carbocycles. The van der Waals surface area contributed by atoms with Gasteiger partial charge in [0.15, 0.2) is 0 Å². The molecule has 3 atom stereocenters. The molecule has 0 aromatic carbocycles. The topological polar surface area (TPSA) is 21.3 Å². The van der Waals surface area contributed by atoms with Crippen LogP contribution in [0, 0.1) is 22.7 Å².